The largest absolute Gasteiger partial charge is 0.310 e. The molecule has 0 heterocycles. The molecule has 1 unspecified atom stereocenters. The molecule has 0 saturated carbocycles. The molecule has 0 aliphatic rings. The molecular weight excluding hydrogens is 257 g/mol. The van der Waals surface area contributed by atoms with E-state index < -0.39 is 7.95 Å². The summed E-state index contributed by atoms with van der Waals surface area (Å²) in [6.45, 7) is 3.91. The van der Waals surface area contributed by atoms with Gasteiger partial charge in [0.2, 0.25) is 0 Å². The van der Waals surface area contributed by atoms with Crippen molar-refractivity contribution in [2.45, 2.75) is 39.2 Å². The fraction of sp³-hybridized carbons (Fsp3) is 0.533. The lowest BCUT2D eigenvalue weighted by molar-refractivity contribution is -0.110. The zero-order valence-electron chi connectivity index (χ0n) is 11.8. The van der Waals surface area contributed by atoms with Gasteiger partial charge in [0.15, 0.2) is 0 Å². The zero-order valence-corrected chi connectivity index (χ0v) is 12.8. The molecule has 0 fully saturated rings. The molecule has 0 radical (unpaired) electrons. The molecular formula is C15H24NO2P. The Labute approximate surface area is 116 Å². The summed E-state index contributed by atoms with van der Waals surface area (Å²) in [5, 5.41) is 2.94. The van der Waals surface area contributed by atoms with Crippen LogP contribution in [0.25, 0.3) is 0 Å². The summed E-state index contributed by atoms with van der Waals surface area (Å²) >= 11 is 0. The average molecular weight is 281 g/mol. The van der Waals surface area contributed by atoms with Crippen molar-refractivity contribution in [1.29, 1.82) is 0 Å². The molecule has 0 aromatic heterocycles. The molecule has 106 valence electrons. The maximum atomic E-state index is 11.8. The number of aldehydes is 1. The van der Waals surface area contributed by atoms with Crippen molar-refractivity contribution in [1.82, 2.24) is 5.09 Å². The molecule has 0 aliphatic carbocycles. The lowest BCUT2D eigenvalue weighted by Gasteiger charge is -2.15. The van der Waals surface area contributed by atoms with Crippen LogP contribution in [-0.4, -0.2) is 18.5 Å². The van der Waals surface area contributed by atoms with E-state index in [1.165, 1.54) is 5.56 Å². The molecule has 0 spiro atoms. The van der Waals surface area contributed by atoms with Crippen LogP contribution in [0.2, 0.25) is 0 Å². The first-order valence-corrected chi connectivity index (χ1v) is 8.53. The Morgan fingerprint density at radius 1 is 1.21 bits per heavy atom. The molecule has 1 N–H and O–H groups in total. The van der Waals surface area contributed by atoms with Gasteiger partial charge in [0.05, 0.1) is 6.04 Å². The lowest BCUT2D eigenvalue weighted by atomic mass is 10.1. The van der Waals surface area contributed by atoms with Crippen molar-refractivity contribution < 1.29 is 9.36 Å². The van der Waals surface area contributed by atoms with E-state index in [1.54, 1.807) is 0 Å². The number of benzene rings is 1. The highest BCUT2D eigenvalue weighted by molar-refractivity contribution is 7.42. The van der Waals surface area contributed by atoms with E-state index >= 15 is 0 Å². The van der Waals surface area contributed by atoms with E-state index in [-0.39, 0.29) is 12.0 Å². The Hall–Kier alpha value is -0.920. The third kappa shape index (κ3) is 6.70. The summed E-state index contributed by atoms with van der Waals surface area (Å²) in [6.07, 6.45) is 4.53. The first-order chi connectivity index (χ1) is 9.13. The molecule has 0 saturated heterocycles. The van der Waals surface area contributed by atoms with Gasteiger partial charge in [-0.05, 0) is 30.7 Å². The quantitative estimate of drug-likeness (QED) is 0.429. The number of carbonyl (C=O) groups excluding carboxylic acids is 1. The van der Waals surface area contributed by atoms with Crippen LogP contribution in [0.15, 0.2) is 30.3 Å². The molecule has 1 aromatic carbocycles. The summed E-state index contributed by atoms with van der Waals surface area (Å²) in [5.74, 6) is 0.191. The highest BCUT2D eigenvalue weighted by Crippen LogP contribution is 2.20. The Morgan fingerprint density at radius 3 is 2.47 bits per heavy atom. The van der Waals surface area contributed by atoms with Crippen molar-refractivity contribution >= 4 is 14.2 Å². The molecule has 4 heteroatoms. The van der Waals surface area contributed by atoms with Gasteiger partial charge in [-0.3, -0.25) is 5.09 Å². The van der Waals surface area contributed by atoms with Gasteiger partial charge >= 0.3 is 0 Å². The number of unbranched alkanes of at least 4 members (excludes halogenated alkanes) is 1. The van der Waals surface area contributed by atoms with E-state index in [4.69, 9.17) is 0 Å². The van der Waals surface area contributed by atoms with Gasteiger partial charge < -0.3 is 9.36 Å². The minimum absolute atomic E-state index is 0.191. The van der Waals surface area contributed by atoms with Crippen LogP contribution >= 0.6 is 7.95 Å². The molecule has 0 bridgehead atoms. The van der Waals surface area contributed by atoms with Gasteiger partial charge in [0.25, 0.3) is 0 Å². The minimum Gasteiger partial charge on any atom is -0.310 e. The molecule has 0 aliphatic heterocycles. The van der Waals surface area contributed by atoms with Gasteiger partial charge in [0.1, 0.15) is 14.2 Å². The fourth-order valence-corrected chi connectivity index (χ4v) is 3.36. The fourth-order valence-electron chi connectivity index (χ4n) is 1.88. The van der Waals surface area contributed by atoms with Crippen LogP contribution in [-0.2, 0) is 15.8 Å². The van der Waals surface area contributed by atoms with Gasteiger partial charge in [-0.15, -0.1) is 0 Å². The predicted octanol–water partition coefficient (Wildman–Crippen LogP) is 3.30. The number of hydrogen-bond acceptors (Lipinski definition) is 2. The van der Waals surface area contributed by atoms with Crippen LogP contribution < -0.4 is 5.09 Å². The van der Waals surface area contributed by atoms with Crippen LogP contribution in [0, 0.1) is 5.92 Å². The van der Waals surface area contributed by atoms with Gasteiger partial charge in [-0.25, -0.2) is 0 Å². The maximum absolute atomic E-state index is 11.8. The topological polar surface area (TPSA) is 46.2 Å². The maximum Gasteiger partial charge on any atom is 0.137 e. The standard InChI is InChI=1S/C15H24NO2P/c1-13(2)15(12-17)16-19(18)11-7-6-10-14-8-4-3-5-9-14/h3-5,8-9,12-13,15,19H,6-7,10-11H2,1-2H3,(H,16,18)/t15-/m1/s1. The number of hydrogen-bond donors (Lipinski definition) is 1. The van der Waals surface area contributed by atoms with Crippen molar-refractivity contribution in [3.63, 3.8) is 0 Å². The Kier molecular flexibility index (Phi) is 7.69. The lowest BCUT2D eigenvalue weighted by Crippen LogP contribution is -2.30. The van der Waals surface area contributed by atoms with E-state index in [0.717, 1.165) is 25.5 Å². The number of aryl methyl sites for hydroxylation is 1. The summed E-state index contributed by atoms with van der Waals surface area (Å²) < 4.78 is 11.8. The molecule has 3 nitrogen and oxygen atoms in total. The van der Waals surface area contributed by atoms with Crippen molar-refractivity contribution in [3.05, 3.63) is 35.9 Å². The van der Waals surface area contributed by atoms with Crippen LogP contribution in [0.5, 0.6) is 0 Å². The van der Waals surface area contributed by atoms with Crippen LogP contribution in [0.3, 0.4) is 0 Å². The minimum atomic E-state index is -1.83. The molecule has 2 atom stereocenters. The average Bonchev–Trinajstić information content (AvgIpc) is 2.42. The van der Waals surface area contributed by atoms with Crippen molar-refractivity contribution in [2.24, 2.45) is 5.92 Å². The van der Waals surface area contributed by atoms with Crippen LogP contribution in [0.1, 0.15) is 32.3 Å². The Morgan fingerprint density at radius 2 is 1.89 bits per heavy atom. The van der Waals surface area contributed by atoms with Gasteiger partial charge in [0, 0.05) is 6.16 Å². The van der Waals surface area contributed by atoms with E-state index in [0.29, 0.717) is 6.16 Å². The SMILES string of the molecule is CC(C)[C@@H](C=O)N[PH](=O)CCCCc1ccccc1. The van der Waals surface area contributed by atoms with Gasteiger partial charge in [-0.1, -0.05) is 44.2 Å². The van der Waals surface area contributed by atoms with E-state index in [9.17, 15) is 9.36 Å². The molecule has 0 amide bonds. The first kappa shape index (κ1) is 16.1. The van der Waals surface area contributed by atoms with Crippen molar-refractivity contribution in [2.75, 3.05) is 6.16 Å². The predicted molar refractivity (Wildman–Crippen MR) is 81.1 cm³/mol. The molecule has 1 rings (SSSR count). The highest BCUT2D eigenvalue weighted by atomic mass is 31.1. The first-order valence-electron chi connectivity index (χ1n) is 6.92. The third-order valence-electron chi connectivity index (χ3n) is 3.15. The van der Waals surface area contributed by atoms with Gasteiger partial charge in [-0.2, -0.15) is 0 Å². The number of carbonyl (C=O) groups is 1. The second kappa shape index (κ2) is 9.06. The highest BCUT2D eigenvalue weighted by Gasteiger charge is 2.13. The van der Waals surface area contributed by atoms with E-state index in [1.807, 2.05) is 32.0 Å². The third-order valence-corrected chi connectivity index (χ3v) is 4.62. The summed E-state index contributed by atoms with van der Waals surface area (Å²) in [7, 11) is -1.83. The Bertz CT molecular complexity index is 392. The summed E-state index contributed by atoms with van der Waals surface area (Å²) in [6, 6.07) is 10.0. The normalized spacial score (nSPS) is 14.3. The second-order valence-electron chi connectivity index (χ2n) is 5.17. The monoisotopic (exact) mass is 281 g/mol. The number of nitrogens with one attached hydrogen (secondary N) is 1. The van der Waals surface area contributed by atoms with Crippen molar-refractivity contribution in [3.8, 4) is 0 Å². The summed E-state index contributed by atoms with van der Waals surface area (Å²) in [4.78, 5) is 10.8. The second-order valence-corrected chi connectivity index (χ2v) is 6.80. The van der Waals surface area contributed by atoms with Crippen LogP contribution in [0.4, 0.5) is 0 Å². The van der Waals surface area contributed by atoms with E-state index in [2.05, 4.69) is 17.2 Å². The number of rotatable bonds is 9. The zero-order chi connectivity index (χ0) is 14.1. The smallest absolute Gasteiger partial charge is 0.137 e. The molecule has 1 aromatic rings. The Balaban J connectivity index is 2.19. The molecule has 19 heavy (non-hydrogen) atoms. The summed E-state index contributed by atoms with van der Waals surface area (Å²) in [5.41, 5.74) is 1.32.